The number of esters is 1. The number of aliphatic hydroxyl groups is 2. The predicted octanol–water partition coefficient (Wildman–Crippen LogP) is 6.84. The van der Waals surface area contributed by atoms with Crippen LogP contribution in [-0.2, 0) is 40.6 Å². The predicted molar refractivity (Wildman–Crippen MR) is 268 cm³/mol. The lowest BCUT2D eigenvalue weighted by Gasteiger charge is -2.46. The first-order chi connectivity index (χ1) is 35.2. The Labute approximate surface area is 418 Å². The fourth-order valence-electron chi connectivity index (χ4n) is 10.5. The summed E-state index contributed by atoms with van der Waals surface area (Å²) in [7, 11) is 3.42. The number of morpholine rings is 1. The molecule has 1 spiro atoms. The van der Waals surface area contributed by atoms with Gasteiger partial charge in [0.1, 0.15) is 36.5 Å². The zero-order valence-electron chi connectivity index (χ0n) is 40.0. The van der Waals surface area contributed by atoms with Crippen molar-refractivity contribution >= 4 is 29.6 Å². The van der Waals surface area contributed by atoms with Gasteiger partial charge in [-0.25, -0.2) is 9.69 Å². The summed E-state index contributed by atoms with van der Waals surface area (Å²) in [4.78, 5) is 67.4. The summed E-state index contributed by atoms with van der Waals surface area (Å²) in [6, 6.07) is 45.9. The molecule has 72 heavy (non-hydrogen) atoms. The van der Waals surface area contributed by atoms with Crippen molar-refractivity contribution in [3.05, 3.63) is 203 Å². The van der Waals surface area contributed by atoms with Crippen molar-refractivity contribution in [1.29, 1.82) is 0 Å². The van der Waals surface area contributed by atoms with E-state index in [4.69, 9.17) is 18.9 Å². The molecule has 6 aromatic carbocycles. The average molecular weight is 969 g/mol. The molecule has 0 bridgehead atoms. The number of carbonyl (C=O) groups excluding carboxylic acids is 4. The van der Waals surface area contributed by atoms with Gasteiger partial charge in [0.15, 0.2) is 0 Å². The monoisotopic (exact) mass is 968 g/mol. The van der Waals surface area contributed by atoms with Crippen LogP contribution < -0.4 is 15.0 Å². The molecule has 9 rings (SSSR count). The topological polar surface area (TPSA) is 167 Å². The third-order valence-corrected chi connectivity index (χ3v) is 13.5. The van der Waals surface area contributed by atoms with Crippen LogP contribution in [0.2, 0.25) is 0 Å². The fraction of sp³-hybridized carbons (Fsp3) is 0.276. The van der Waals surface area contributed by atoms with Gasteiger partial charge in [0.25, 0.3) is 0 Å². The van der Waals surface area contributed by atoms with Crippen molar-refractivity contribution in [3.63, 3.8) is 0 Å². The number of hydrogen-bond acceptors (Lipinski definition) is 12. The standard InChI is InChI=1S/C58H56N4O10/c1-60(38-40-18-7-3-8-19-40)31-17-20-39-29-30-46-45(36-39)58(56(67)61(46)57(68)71-35-34-69-2)49(54(65)59-37-47(64)41-21-9-4-10-22-41)51-55(66)72-52(43-25-13-6-14-26-43)50(42-23-11-5-12-24-42)62(51)53(58)44-27-15-16-28-48(44)70-33-32-63/h3-16,18-19,21-30,36,47,49-53,63-64H,31-35,37-38H2,1-2H3,(H,59,65)/t47-,49+,50+,51+,52-,53-,58+/m0/s1. The highest BCUT2D eigenvalue weighted by Crippen LogP contribution is 2.66. The van der Waals surface area contributed by atoms with Crippen molar-refractivity contribution in [2.45, 2.75) is 42.3 Å². The molecule has 2 fully saturated rings. The summed E-state index contributed by atoms with van der Waals surface area (Å²) in [5.74, 6) is 2.79. The Kier molecular flexibility index (Phi) is 15.2. The van der Waals surface area contributed by atoms with Gasteiger partial charge >= 0.3 is 12.1 Å². The summed E-state index contributed by atoms with van der Waals surface area (Å²) >= 11 is 0. The number of anilines is 1. The molecule has 3 N–H and O–H groups in total. The maximum atomic E-state index is 16.5. The number of methoxy groups -OCH3 is 1. The summed E-state index contributed by atoms with van der Waals surface area (Å²) in [5.41, 5.74) is 2.09. The zero-order chi connectivity index (χ0) is 50.2. The highest BCUT2D eigenvalue weighted by Gasteiger charge is 2.76. The van der Waals surface area contributed by atoms with Crippen LogP contribution in [0, 0.1) is 17.8 Å². The minimum Gasteiger partial charge on any atom is -0.491 e. The van der Waals surface area contributed by atoms with Crippen molar-refractivity contribution in [1.82, 2.24) is 15.1 Å². The van der Waals surface area contributed by atoms with Crippen LogP contribution in [0.5, 0.6) is 5.75 Å². The van der Waals surface area contributed by atoms with Crippen LogP contribution in [0.25, 0.3) is 0 Å². The van der Waals surface area contributed by atoms with Crippen LogP contribution >= 0.6 is 0 Å². The van der Waals surface area contributed by atoms with E-state index in [-0.39, 0.29) is 50.0 Å². The van der Waals surface area contributed by atoms with Gasteiger partial charge in [-0.05, 0) is 59.1 Å². The summed E-state index contributed by atoms with van der Waals surface area (Å²) in [5, 5.41) is 24.6. The molecule has 7 atom stereocenters. The Morgan fingerprint density at radius 1 is 0.806 bits per heavy atom. The van der Waals surface area contributed by atoms with Crippen LogP contribution in [0.1, 0.15) is 63.2 Å². The van der Waals surface area contributed by atoms with E-state index < -0.39 is 65.5 Å². The number of rotatable bonds is 16. The molecule has 3 amide bonds. The number of fused-ring (bicyclic) bond motifs is 3. The van der Waals surface area contributed by atoms with Crippen molar-refractivity contribution < 1.29 is 48.3 Å². The Balaban J connectivity index is 1.30. The molecular formula is C58H56N4O10. The third-order valence-electron chi connectivity index (χ3n) is 13.5. The lowest BCUT2D eigenvalue weighted by atomic mass is 9.65. The number of hydrogen-bond donors (Lipinski definition) is 3. The third kappa shape index (κ3) is 9.60. The average Bonchev–Trinajstić information content (AvgIpc) is 3.86. The Morgan fingerprint density at radius 2 is 1.46 bits per heavy atom. The lowest BCUT2D eigenvalue weighted by Crippen LogP contribution is -2.56. The van der Waals surface area contributed by atoms with E-state index >= 15 is 14.4 Å². The van der Waals surface area contributed by atoms with E-state index in [9.17, 15) is 15.0 Å². The van der Waals surface area contributed by atoms with E-state index in [0.717, 1.165) is 10.5 Å². The molecule has 0 saturated carbocycles. The molecule has 14 heteroatoms. The van der Waals surface area contributed by atoms with Gasteiger partial charge in [0, 0.05) is 31.3 Å². The fourth-order valence-corrected chi connectivity index (χ4v) is 10.5. The minimum atomic E-state index is -2.15. The second kappa shape index (κ2) is 22.2. The van der Waals surface area contributed by atoms with Gasteiger partial charge in [-0.2, -0.15) is 0 Å². The first-order valence-electron chi connectivity index (χ1n) is 23.9. The summed E-state index contributed by atoms with van der Waals surface area (Å²) in [6.07, 6.45) is -3.17. The number of nitrogens with zero attached hydrogens (tertiary/aromatic N) is 3. The van der Waals surface area contributed by atoms with Gasteiger partial charge in [0.05, 0.1) is 49.6 Å². The molecule has 3 heterocycles. The molecular weight excluding hydrogens is 913 g/mol. The Hall–Kier alpha value is -7.64. The van der Waals surface area contributed by atoms with Gasteiger partial charge in [0.2, 0.25) is 11.8 Å². The lowest BCUT2D eigenvalue weighted by molar-refractivity contribution is -0.178. The normalized spacial score (nSPS) is 21.6. The van der Waals surface area contributed by atoms with Gasteiger partial charge in [-0.15, -0.1) is 0 Å². The Bertz CT molecular complexity index is 2930. The molecule has 2 saturated heterocycles. The van der Waals surface area contributed by atoms with Crippen LogP contribution in [0.3, 0.4) is 0 Å². The Morgan fingerprint density at radius 3 is 2.15 bits per heavy atom. The molecule has 3 aliphatic heterocycles. The quantitative estimate of drug-likeness (QED) is 0.0526. The van der Waals surface area contributed by atoms with Crippen molar-refractivity contribution in [3.8, 4) is 17.6 Å². The second-order valence-corrected chi connectivity index (χ2v) is 18.0. The minimum absolute atomic E-state index is 0.0350. The van der Waals surface area contributed by atoms with E-state index in [1.165, 1.54) is 7.11 Å². The van der Waals surface area contributed by atoms with Crippen LogP contribution in [-0.4, -0.2) is 104 Å². The van der Waals surface area contributed by atoms with E-state index in [0.29, 0.717) is 40.9 Å². The number of imide groups is 1. The van der Waals surface area contributed by atoms with Crippen LogP contribution in [0.15, 0.2) is 164 Å². The van der Waals surface area contributed by atoms with E-state index in [2.05, 4.69) is 22.1 Å². The number of ether oxygens (including phenoxy) is 4. The number of amides is 3. The number of cyclic esters (lactones) is 1. The highest BCUT2D eigenvalue weighted by molar-refractivity contribution is 6.23. The van der Waals surface area contributed by atoms with Crippen LogP contribution in [0.4, 0.5) is 10.5 Å². The molecule has 0 unspecified atom stereocenters. The second-order valence-electron chi connectivity index (χ2n) is 18.0. The molecule has 6 aromatic rings. The van der Waals surface area contributed by atoms with E-state index in [1.807, 2.05) is 109 Å². The number of nitrogens with one attached hydrogen (secondary N) is 1. The number of benzene rings is 6. The zero-order valence-corrected chi connectivity index (χ0v) is 40.0. The maximum Gasteiger partial charge on any atom is 0.421 e. The first kappa shape index (κ1) is 49.3. The SMILES string of the molecule is COCCOC(=O)N1C(=O)[C@@]2(c3cc(C#CCN(C)Cc4ccccc4)ccc31)[C@H](c1ccccc1OCCO)N1[C@H](c3ccccc3)[C@H](c3ccccc3)OC(=O)[C@H]1[C@@H]2C(=O)NC[C@H](O)c1ccccc1. The number of carbonyl (C=O) groups is 4. The first-order valence-corrected chi connectivity index (χ1v) is 23.9. The molecule has 0 aromatic heterocycles. The summed E-state index contributed by atoms with van der Waals surface area (Å²) in [6.45, 7) is 0.103. The molecule has 3 aliphatic rings. The maximum absolute atomic E-state index is 16.5. The largest absolute Gasteiger partial charge is 0.491 e. The highest BCUT2D eigenvalue weighted by atomic mass is 16.6. The van der Waals surface area contributed by atoms with Crippen molar-refractivity contribution in [2.24, 2.45) is 5.92 Å². The summed E-state index contributed by atoms with van der Waals surface area (Å²) < 4.78 is 23.8. The smallest absolute Gasteiger partial charge is 0.421 e. The van der Waals surface area contributed by atoms with Gasteiger partial charge in [-0.1, -0.05) is 151 Å². The molecule has 368 valence electrons. The number of aliphatic hydroxyl groups excluding tert-OH is 2. The van der Waals surface area contributed by atoms with E-state index in [1.54, 1.807) is 66.7 Å². The van der Waals surface area contributed by atoms with Gasteiger partial charge in [-0.3, -0.25) is 24.2 Å². The molecule has 14 nitrogen and oxygen atoms in total. The molecule has 0 aliphatic carbocycles. The van der Waals surface area contributed by atoms with Crippen molar-refractivity contribution in [2.75, 3.05) is 58.6 Å². The molecule has 0 radical (unpaired) electrons. The van der Waals surface area contributed by atoms with Gasteiger partial charge < -0.3 is 34.5 Å². The number of para-hydroxylation sites is 1.